The Hall–Kier alpha value is -7.80. The second kappa shape index (κ2) is 26.8. The van der Waals surface area contributed by atoms with E-state index in [0.29, 0.717) is 44.4 Å². The maximum Gasteiger partial charge on any atom is 0.310 e. The molecule has 0 bridgehead atoms. The average molecular weight is 1040 g/mol. The van der Waals surface area contributed by atoms with Crippen LogP contribution in [0.2, 0.25) is 0 Å². The molecule has 2 aliphatic heterocycles. The third-order valence-corrected chi connectivity index (χ3v) is 14.8. The minimum Gasteiger partial charge on any atom is -0.493 e. The second-order valence-corrected chi connectivity index (χ2v) is 20.3. The number of oxazole rings is 2. The zero-order chi connectivity index (χ0) is 53.3. The van der Waals surface area contributed by atoms with Gasteiger partial charge in [-0.3, -0.25) is 19.4 Å². The summed E-state index contributed by atoms with van der Waals surface area (Å²) in [6, 6.07) is 56.9. The number of aliphatic carboxylic acids is 1. The van der Waals surface area contributed by atoms with Crippen molar-refractivity contribution in [1.29, 1.82) is 0 Å². The van der Waals surface area contributed by atoms with Gasteiger partial charge in [-0.1, -0.05) is 121 Å². The number of hydrogen-bond acceptors (Lipinski definition) is 11. The number of aromatic nitrogens is 2. The van der Waals surface area contributed by atoms with Gasteiger partial charge in [0.1, 0.15) is 23.0 Å². The second-order valence-electron chi connectivity index (χ2n) is 20.3. The van der Waals surface area contributed by atoms with Crippen LogP contribution in [0, 0.1) is 37.5 Å². The molecule has 0 spiro atoms. The Morgan fingerprint density at radius 2 is 0.922 bits per heavy atom. The summed E-state index contributed by atoms with van der Waals surface area (Å²) in [7, 11) is 1.49. The van der Waals surface area contributed by atoms with E-state index >= 15 is 0 Å². The van der Waals surface area contributed by atoms with Crippen LogP contribution in [0.1, 0.15) is 58.0 Å². The van der Waals surface area contributed by atoms with Crippen LogP contribution in [0.4, 0.5) is 0 Å². The molecule has 0 aliphatic carbocycles. The summed E-state index contributed by atoms with van der Waals surface area (Å²) in [5.41, 5.74) is 8.62. The summed E-state index contributed by atoms with van der Waals surface area (Å²) in [6.07, 6.45) is 4.81. The zero-order valence-corrected chi connectivity index (χ0v) is 44.5. The Morgan fingerprint density at radius 3 is 1.35 bits per heavy atom. The largest absolute Gasteiger partial charge is 0.493 e. The van der Waals surface area contributed by atoms with Gasteiger partial charge in [-0.05, 0) is 122 Å². The minimum absolute atomic E-state index is 0.0929. The van der Waals surface area contributed by atoms with Crippen molar-refractivity contribution in [2.75, 3.05) is 46.5 Å². The highest BCUT2D eigenvalue weighted by Gasteiger charge is 2.38. The van der Waals surface area contributed by atoms with Crippen molar-refractivity contribution >= 4 is 11.9 Å². The van der Waals surface area contributed by atoms with Crippen molar-refractivity contribution in [2.24, 2.45) is 23.7 Å². The van der Waals surface area contributed by atoms with E-state index in [9.17, 15) is 14.7 Å². The minimum atomic E-state index is -0.693. The molecule has 4 atom stereocenters. The molecule has 8 aromatic rings. The SMILES string of the molecule is COC(=O)[C@@H]1CN(Cc2ccccc2)C[C@H]1CCc1cccc(OCCc2nc(-c3ccccc3)oc2C)c1.Cc1oc(-c2ccccc2)nc1CCOc1cccc(CC[C@@H]2CN(Cc3ccccc3)C[C@H]2C(=O)O)c1. The lowest BCUT2D eigenvalue weighted by Gasteiger charge is -2.16. The van der Waals surface area contributed by atoms with E-state index in [1.165, 1.54) is 23.8 Å². The molecule has 0 unspecified atom stereocenters. The van der Waals surface area contributed by atoms with Crippen LogP contribution < -0.4 is 9.47 Å². The molecule has 0 saturated carbocycles. The molecule has 10 rings (SSSR count). The zero-order valence-electron chi connectivity index (χ0n) is 44.5. The highest BCUT2D eigenvalue weighted by molar-refractivity contribution is 5.73. The quantitative estimate of drug-likeness (QED) is 0.0646. The van der Waals surface area contributed by atoms with Gasteiger partial charge in [0.05, 0.1) is 43.5 Å². The molecule has 2 saturated heterocycles. The highest BCUT2D eigenvalue weighted by Crippen LogP contribution is 2.32. The molecular weight excluding hydrogens is 965 g/mol. The fraction of sp³-hybridized carbons (Fsp3) is 0.323. The van der Waals surface area contributed by atoms with E-state index < -0.39 is 5.97 Å². The Bertz CT molecular complexity index is 3110. The van der Waals surface area contributed by atoms with Crippen molar-refractivity contribution in [2.45, 2.75) is 65.5 Å². The maximum absolute atomic E-state index is 12.5. The number of hydrogen-bond donors (Lipinski definition) is 1. The van der Waals surface area contributed by atoms with Crippen molar-refractivity contribution in [1.82, 2.24) is 19.8 Å². The molecule has 2 aliphatic rings. The van der Waals surface area contributed by atoms with Gasteiger partial charge in [0.15, 0.2) is 0 Å². The van der Waals surface area contributed by atoms with Crippen LogP contribution in [-0.2, 0) is 53.1 Å². The standard InChI is InChI=1S/C33H36N2O4.C32H34N2O4/c1-24-31(34-32(39-24)27-13-7-4-8-14-27)18-19-38-29-15-9-12-25(20-29)16-17-28-22-35(23-30(28)33(36)37-2)21-26-10-5-3-6-11-26;1-23-30(33-31(38-23)26-12-6-3-7-13-26)17-18-37-28-14-8-11-24(19-28)15-16-27-21-34(22-29(27)32(35)36)20-25-9-4-2-5-10-25/h3-15,20,28,30H,16-19,21-23H2,1-2H3;2-14,19,27,29H,15-18,20-22H2,1H3,(H,35,36)/t28-,30-;27-,29-/m11/s1. The number of rotatable bonds is 22. The third-order valence-electron chi connectivity index (χ3n) is 14.8. The van der Waals surface area contributed by atoms with Gasteiger partial charge in [-0.25, -0.2) is 9.97 Å². The predicted molar refractivity (Wildman–Crippen MR) is 298 cm³/mol. The molecule has 2 fully saturated rings. The van der Waals surface area contributed by atoms with Crippen LogP contribution in [0.15, 0.2) is 179 Å². The van der Waals surface area contributed by atoms with E-state index in [1.54, 1.807) is 0 Å². The smallest absolute Gasteiger partial charge is 0.310 e. The van der Waals surface area contributed by atoms with Crippen LogP contribution in [0.25, 0.3) is 22.9 Å². The van der Waals surface area contributed by atoms with Crippen molar-refractivity contribution in [3.05, 3.63) is 215 Å². The summed E-state index contributed by atoms with van der Waals surface area (Å²) in [5, 5.41) is 9.83. The summed E-state index contributed by atoms with van der Waals surface area (Å²) >= 11 is 0. The van der Waals surface area contributed by atoms with Gasteiger partial charge in [-0.2, -0.15) is 0 Å². The number of likely N-dealkylation sites (tertiary alicyclic amines) is 2. The molecule has 6 aromatic carbocycles. The summed E-state index contributed by atoms with van der Waals surface area (Å²) < 4.78 is 29.0. The number of carboxylic acid groups (broad SMARTS) is 1. The number of aryl methyl sites for hydroxylation is 4. The number of esters is 1. The van der Waals surface area contributed by atoms with Crippen LogP contribution >= 0.6 is 0 Å². The predicted octanol–water partition coefficient (Wildman–Crippen LogP) is 12.2. The van der Waals surface area contributed by atoms with Crippen molar-refractivity contribution < 1.29 is 37.7 Å². The lowest BCUT2D eigenvalue weighted by molar-refractivity contribution is -0.146. The Kier molecular flexibility index (Phi) is 18.8. The number of methoxy groups -OCH3 is 1. The third kappa shape index (κ3) is 15.2. The topological polar surface area (TPSA) is 141 Å². The fourth-order valence-corrected chi connectivity index (χ4v) is 10.7. The van der Waals surface area contributed by atoms with E-state index in [2.05, 4.69) is 80.4 Å². The lowest BCUT2D eigenvalue weighted by atomic mass is 9.90. The molecule has 1 N–H and O–H groups in total. The molecule has 4 heterocycles. The molecular formula is C65H70N4O8. The molecule has 2 aromatic heterocycles. The molecule has 12 nitrogen and oxygen atoms in total. The normalized spacial score (nSPS) is 17.4. The number of carboxylic acids is 1. The molecule has 0 radical (unpaired) electrons. The van der Waals surface area contributed by atoms with E-state index in [1.807, 2.05) is 123 Å². The van der Waals surface area contributed by atoms with Crippen LogP contribution in [0.3, 0.4) is 0 Å². The van der Waals surface area contributed by atoms with Gasteiger partial charge < -0.3 is 28.2 Å². The first kappa shape index (κ1) is 54.0. The van der Waals surface area contributed by atoms with E-state index in [-0.39, 0.29) is 29.6 Å². The van der Waals surface area contributed by atoms with Crippen LogP contribution in [0.5, 0.6) is 11.5 Å². The molecule has 398 valence electrons. The van der Waals surface area contributed by atoms with Crippen molar-refractivity contribution in [3.63, 3.8) is 0 Å². The highest BCUT2D eigenvalue weighted by atomic mass is 16.5. The first-order valence-electron chi connectivity index (χ1n) is 26.9. The van der Waals surface area contributed by atoms with Gasteiger partial charge >= 0.3 is 11.9 Å². The molecule has 77 heavy (non-hydrogen) atoms. The van der Waals surface area contributed by atoms with Gasteiger partial charge in [0, 0.05) is 63.2 Å². The van der Waals surface area contributed by atoms with Crippen molar-refractivity contribution in [3.8, 4) is 34.4 Å². The number of ether oxygens (including phenoxy) is 3. The Morgan fingerprint density at radius 1 is 0.519 bits per heavy atom. The Labute approximate surface area is 452 Å². The molecule has 12 heteroatoms. The molecule has 0 amide bonds. The van der Waals surface area contributed by atoms with Gasteiger partial charge in [0.2, 0.25) is 11.8 Å². The summed E-state index contributed by atoms with van der Waals surface area (Å²) in [4.78, 5) is 38.5. The van der Waals surface area contributed by atoms with Gasteiger partial charge in [0.25, 0.3) is 0 Å². The first-order valence-corrected chi connectivity index (χ1v) is 26.9. The number of carbonyl (C=O) groups excluding carboxylic acids is 1. The lowest BCUT2D eigenvalue weighted by Crippen LogP contribution is -2.25. The number of carbonyl (C=O) groups is 2. The summed E-state index contributed by atoms with van der Waals surface area (Å²) in [5.74, 6) is 3.75. The van der Waals surface area contributed by atoms with Crippen LogP contribution in [-0.4, -0.2) is 83.3 Å². The average Bonchev–Trinajstić information content (AvgIpc) is 4.26. The summed E-state index contributed by atoms with van der Waals surface area (Å²) in [6.45, 7) is 9.60. The first-order chi connectivity index (χ1) is 37.6. The Balaban J connectivity index is 0.000000188. The fourth-order valence-electron chi connectivity index (χ4n) is 10.7. The number of benzene rings is 6. The maximum atomic E-state index is 12.5. The van der Waals surface area contributed by atoms with E-state index in [4.69, 9.17) is 23.0 Å². The van der Waals surface area contributed by atoms with Gasteiger partial charge in [-0.15, -0.1) is 0 Å². The van der Waals surface area contributed by atoms with E-state index in [0.717, 1.165) is 110 Å². The monoisotopic (exact) mass is 1030 g/mol. The number of nitrogens with zero attached hydrogens (tertiary/aromatic N) is 4.